The van der Waals surface area contributed by atoms with E-state index in [9.17, 15) is 4.79 Å². The maximum Gasteiger partial charge on any atom is 0.238 e. The normalized spacial score (nSPS) is 21.2. The molecule has 1 aliphatic rings. The Morgan fingerprint density at radius 1 is 1.37 bits per heavy atom. The molecule has 0 spiro atoms. The van der Waals surface area contributed by atoms with Gasteiger partial charge in [0.25, 0.3) is 0 Å². The molecule has 0 aromatic heterocycles. The Balaban J connectivity index is 2.26. The van der Waals surface area contributed by atoms with Gasteiger partial charge in [-0.3, -0.25) is 10.1 Å². The first kappa shape index (κ1) is 14.0. The predicted octanol–water partition coefficient (Wildman–Crippen LogP) is 1.79. The van der Waals surface area contributed by atoms with E-state index in [0.29, 0.717) is 19.1 Å². The second-order valence-corrected chi connectivity index (χ2v) is 5.26. The lowest BCUT2D eigenvalue weighted by Gasteiger charge is -2.35. The quantitative estimate of drug-likeness (QED) is 0.879. The Labute approximate surface area is 114 Å². The van der Waals surface area contributed by atoms with E-state index in [1.807, 2.05) is 35.2 Å². The monoisotopic (exact) mass is 262 g/mol. The van der Waals surface area contributed by atoms with Crippen LogP contribution in [-0.2, 0) is 9.53 Å². The lowest BCUT2D eigenvalue weighted by Crippen LogP contribution is -2.45. The minimum atomic E-state index is -0.0451. The zero-order valence-corrected chi connectivity index (χ0v) is 11.8. The number of rotatable bonds is 5. The molecule has 4 nitrogen and oxygen atoms in total. The molecular weight excluding hydrogens is 240 g/mol. The smallest absolute Gasteiger partial charge is 0.238 e. The van der Waals surface area contributed by atoms with E-state index in [0.717, 1.165) is 5.56 Å². The van der Waals surface area contributed by atoms with Crippen molar-refractivity contribution >= 4 is 5.91 Å². The van der Waals surface area contributed by atoms with Gasteiger partial charge in [-0.1, -0.05) is 44.2 Å². The fourth-order valence-electron chi connectivity index (χ4n) is 2.57. The molecular formula is C15H22N2O2. The maximum atomic E-state index is 12.2. The van der Waals surface area contributed by atoms with Crippen LogP contribution in [0.5, 0.6) is 0 Å². The maximum absolute atomic E-state index is 12.2. The zero-order chi connectivity index (χ0) is 13.8. The van der Waals surface area contributed by atoms with E-state index >= 15 is 0 Å². The number of methoxy groups -OCH3 is 1. The molecule has 0 bridgehead atoms. The van der Waals surface area contributed by atoms with Crippen molar-refractivity contribution in [2.45, 2.75) is 26.1 Å². The lowest BCUT2D eigenvalue weighted by molar-refractivity contribution is -0.132. The third kappa shape index (κ3) is 2.96. The van der Waals surface area contributed by atoms with Crippen LogP contribution in [0.4, 0.5) is 0 Å². The minimum Gasteiger partial charge on any atom is -0.383 e. The van der Waals surface area contributed by atoms with Gasteiger partial charge < -0.3 is 9.64 Å². The Bertz CT molecular complexity index is 419. The Morgan fingerprint density at radius 2 is 2.05 bits per heavy atom. The molecule has 1 saturated heterocycles. The minimum absolute atomic E-state index is 0.0451. The summed E-state index contributed by atoms with van der Waals surface area (Å²) in [5, 5.41) is 3.29. The van der Waals surface area contributed by atoms with Crippen molar-refractivity contribution in [3.63, 3.8) is 0 Å². The molecule has 4 heteroatoms. The van der Waals surface area contributed by atoms with Crippen molar-refractivity contribution in [1.29, 1.82) is 0 Å². The predicted molar refractivity (Wildman–Crippen MR) is 74.5 cm³/mol. The Kier molecular flexibility index (Phi) is 4.56. The van der Waals surface area contributed by atoms with E-state index in [1.54, 1.807) is 7.11 Å². The number of nitrogens with one attached hydrogen (secondary N) is 1. The first-order chi connectivity index (χ1) is 9.15. The molecule has 0 saturated carbocycles. The van der Waals surface area contributed by atoms with Gasteiger partial charge in [0.05, 0.1) is 19.2 Å². The summed E-state index contributed by atoms with van der Waals surface area (Å²) in [7, 11) is 1.68. The fraction of sp³-hybridized carbons (Fsp3) is 0.533. The average Bonchev–Trinajstić information content (AvgIpc) is 2.78. The van der Waals surface area contributed by atoms with Gasteiger partial charge in [-0.15, -0.1) is 0 Å². The van der Waals surface area contributed by atoms with Crippen molar-refractivity contribution in [3.8, 4) is 0 Å². The molecule has 104 valence electrons. The Hall–Kier alpha value is -1.39. The van der Waals surface area contributed by atoms with Crippen molar-refractivity contribution in [2.24, 2.45) is 5.92 Å². The molecule has 1 amide bonds. The molecule has 2 atom stereocenters. The number of benzene rings is 1. The lowest BCUT2D eigenvalue weighted by atomic mass is 10.0. The largest absolute Gasteiger partial charge is 0.383 e. The summed E-state index contributed by atoms with van der Waals surface area (Å²) in [5.74, 6) is 0.500. The van der Waals surface area contributed by atoms with Crippen LogP contribution < -0.4 is 5.32 Å². The summed E-state index contributed by atoms with van der Waals surface area (Å²) in [6.45, 7) is 5.20. The van der Waals surface area contributed by atoms with Gasteiger partial charge >= 0.3 is 0 Å². The van der Waals surface area contributed by atoms with Gasteiger partial charge in [-0.25, -0.2) is 0 Å². The van der Waals surface area contributed by atoms with Gasteiger partial charge in [0.2, 0.25) is 5.91 Å². The Morgan fingerprint density at radius 3 is 2.63 bits per heavy atom. The molecule has 1 N–H and O–H groups in total. The van der Waals surface area contributed by atoms with E-state index in [-0.39, 0.29) is 18.1 Å². The third-order valence-electron chi connectivity index (χ3n) is 3.59. The highest BCUT2D eigenvalue weighted by Gasteiger charge is 2.37. The van der Waals surface area contributed by atoms with Crippen molar-refractivity contribution in [2.75, 3.05) is 20.3 Å². The zero-order valence-electron chi connectivity index (χ0n) is 11.8. The van der Waals surface area contributed by atoms with E-state index < -0.39 is 0 Å². The second kappa shape index (κ2) is 6.17. The van der Waals surface area contributed by atoms with Gasteiger partial charge in [-0.2, -0.15) is 0 Å². The summed E-state index contributed by atoms with van der Waals surface area (Å²) in [6.07, 6.45) is -0.0451. The van der Waals surface area contributed by atoms with Gasteiger partial charge in [0.1, 0.15) is 6.17 Å². The van der Waals surface area contributed by atoms with E-state index in [2.05, 4.69) is 19.2 Å². The molecule has 19 heavy (non-hydrogen) atoms. The van der Waals surface area contributed by atoms with Gasteiger partial charge in [-0.05, 0) is 11.5 Å². The van der Waals surface area contributed by atoms with Gasteiger partial charge in [0, 0.05) is 7.11 Å². The highest BCUT2D eigenvalue weighted by Crippen LogP contribution is 2.27. The first-order valence-electron chi connectivity index (χ1n) is 6.73. The van der Waals surface area contributed by atoms with Crippen LogP contribution in [0.15, 0.2) is 30.3 Å². The summed E-state index contributed by atoms with van der Waals surface area (Å²) >= 11 is 0. The number of amides is 1. The van der Waals surface area contributed by atoms with Crippen molar-refractivity contribution in [1.82, 2.24) is 10.2 Å². The SMILES string of the molecule is COCC(C(C)C)N1C(=O)CNC1c1ccccc1. The summed E-state index contributed by atoms with van der Waals surface area (Å²) in [4.78, 5) is 14.1. The third-order valence-corrected chi connectivity index (χ3v) is 3.59. The van der Waals surface area contributed by atoms with Crippen LogP contribution in [-0.4, -0.2) is 37.1 Å². The van der Waals surface area contributed by atoms with Crippen LogP contribution in [0.25, 0.3) is 0 Å². The van der Waals surface area contributed by atoms with E-state index in [4.69, 9.17) is 4.74 Å². The summed E-state index contributed by atoms with van der Waals surface area (Å²) < 4.78 is 5.29. The second-order valence-electron chi connectivity index (χ2n) is 5.26. The molecule has 0 aliphatic carbocycles. The number of ether oxygens (including phenoxy) is 1. The molecule has 2 rings (SSSR count). The molecule has 2 unspecified atom stereocenters. The highest BCUT2D eigenvalue weighted by molar-refractivity contribution is 5.81. The number of carbonyl (C=O) groups is 1. The number of nitrogens with zero attached hydrogens (tertiary/aromatic N) is 1. The number of hydrogen-bond acceptors (Lipinski definition) is 3. The van der Waals surface area contributed by atoms with Crippen molar-refractivity contribution in [3.05, 3.63) is 35.9 Å². The molecule has 1 aromatic rings. The molecule has 1 aliphatic heterocycles. The topological polar surface area (TPSA) is 41.6 Å². The van der Waals surface area contributed by atoms with Crippen LogP contribution >= 0.6 is 0 Å². The molecule has 1 heterocycles. The van der Waals surface area contributed by atoms with Crippen LogP contribution in [0.2, 0.25) is 0 Å². The van der Waals surface area contributed by atoms with Crippen LogP contribution in [0.1, 0.15) is 25.6 Å². The van der Waals surface area contributed by atoms with Crippen molar-refractivity contribution < 1.29 is 9.53 Å². The summed E-state index contributed by atoms with van der Waals surface area (Å²) in [6, 6.07) is 10.2. The van der Waals surface area contributed by atoms with Gasteiger partial charge in [0.15, 0.2) is 0 Å². The number of hydrogen-bond donors (Lipinski definition) is 1. The molecule has 0 radical (unpaired) electrons. The molecule has 1 fully saturated rings. The van der Waals surface area contributed by atoms with Crippen LogP contribution in [0, 0.1) is 5.92 Å². The standard InChI is InChI=1S/C15H22N2O2/c1-11(2)13(10-19-3)17-14(18)9-16-15(17)12-7-5-4-6-8-12/h4-8,11,13,15-16H,9-10H2,1-3H3. The van der Waals surface area contributed by atoms with E-state index in [1.165, 1.54) is 0 Å². The number of carbonyl (C=O) groups excluding carboxylic acids is 1. The first-order valence-corrected chi connectivity index (χ1v) is 6.73. The summed E-state index contributed by atoms with van der Waals surface area (Å²) in [5.41, 5.74) is 1.12. The molecule has 1 aromatic carbocycles. The highest BCUT2D eigenvalue weighted by atomic mass is 16.5. The fourth-order valence-corrected chi connectivity index (χ4v) is 2.57. The van der Waals surface area contributed by atoms with Crippen LogP contribution in [0.3, 0.4) is 0 Å². The average molecular weight is 262 g/mol.